The van der Waals surface area contributed by atoms with Crippen molar-refractivity contribution in [3.63, 3.8) is 0 Å². The van der Waals surface area contributed by atoms with Crippen LogP contribution in [0.4, 0.5) is 5.69 Å². The van der Waals surface area contributed by atoms with Gasteiger partial charge in [-0.1, -0.05) is 12.1 Å². The van der Waals surface area contributed by atoms with E-state index >= 15 is 0 Å². The summed E-state index contributed by atoms with van der Waals surface area (Å²) in [5, 5.41) is 2.90. The Labute approximate surface area is 147 Å². The molecule has 132 valence electrons. The Morgan fingerprint density at radius 1 is 1.24 bits per heavy atom. The summed E-state index contributed by atoms with van der Waals surface area (Å²) in [6.45, 7) is 6.73. The van der Waals surface area contributed by atoms with E-state index in [1.807, 2.05) is 31.2 Å². The van der Waals surface area contributed by atoms with Crippen molar-refractivity contribution >= 4 is 11.6 Å². The first-order chi connectivity index (χ1) is 12.3. The summed E-state index contributed by atoms with van der Waals surface area (Å²) < 4.78 is 10.8. The summed E-state index contributed by atoms with van der Waals surface area (Å²) in [6, 6.07) is 11.4. The molecule has 1 aliphatic heterocycles. The van der Waals surface area contributed by atoms with E-state index in [0.29, 0.717) is 18.1 Å². The summed E-state index contributed by atoms with van der Waals surface area (Å²) in [5.74, 6) is 0.129. The summed E-state index contributed by atoms with van der Waals surface area (Å²) in [7, 11) is 0. The lowest BCUT2D eigenvalue weighted by atomic mass is 10.1. The van der Waals surface area contributed by atoms with Gasteiger partial charge in [0.1, 0.15) is 5.56 Å². The molecule has 0 bridgehead atoms. The highest BCUT2D eigenvalue weighted by molar-refractivity contribution is 6.05. The van der Waals surface area contributed by atoms with E-state index in [1.165, 1.54) is 5.56 Å². The van der Waals surface area contributed by atoms with Crippen molar-refractivity contribution in [1.82, 2.24) is 9.88 Å². The zero-order valence-corrected chi connectivity index (χ0v) is 14.4. The van der Waals surface area contributed by atoms with Crippen LogP contribution in [0.5, 0.6) is 5.88 Å². The first-order valence-corrected chi connectivity index (χ1v) is 8.54. The molecule has 25 heavy (non-hydrogen) atoms. The van der Waals surface area contributed by atoms with Crippen molar-refractivity contribution in [2.75, 3.05) is 38.2 Å². The van der Waals surface area contributed by atoms with Crippen molar-refractivity contribution in [3.05, 3.63) is 53.7 Å². The van der Waals surface area contributed by atoms with Crippen LogP contribution in [-0.4, -0.2) is 48.7 Å². The van der Waals surface area contributed by atoms with Crippen LogP contribution in [-0.2, 0) is 11.3 Å². The normalized spacial score (nSPS) is 14.9. The number of carbonyl (C=O) groups excluding carboxylic acids is 1. The van der Waals surface area contributed by atoms with Crippen LogP contribution in [0.25, 0.3) is 0 Å². The second-order valence-corrected chi connectivity index (χ2v) is 5.83. The first-order valence-electron chi connectivity index (χ1n) is 8.54. The van der Waals surface area contributed by atoms with Crippen molar-refractivity contribution in [1.29, 1.82) is 0 Å². The molecule has 0 radical (unpaired) electrons. The maximum Gasteiger partial charge on any atom is 0.261 e. The first kappa shape index (κ1) is 17.4. The van der Waals surface area contributed by atoms with Crippen LogP contribution < -0.4 is 10.1 Å². The van der Waals surface area contributed by atoms with E-state index in [4.69, 9.17) is 9.47 Å². The highest BCUT2D eigenvalue weighted by Gasteiger charge is 2.14. The standard InChI is InChI=1S/C19H23N3O3/c1-2-25-19-17(4-3-9-20-19)18(23)21-16-7-5-15(6-8-16)14-22-10-12-24-13-11-22/h3-9H,2,10-14H2,1H3,(H,21,23). The van der Waals surface area contributed by atoms with Gasteiger partial charge in [0, 0.05) is 31.5 Å². The molecule has 6 nitrogen and oxygen atoms in total. The third-order valence-electron chi connectivity index (χ3n) is 4.02. The number of pyridine rings is 1. The second kappa shape index (κ2) is 8.60. The van der Waals surface area contributed by atoms with Crippen molar-refractivity contribution in [2.45, 2.75) is 13.5 Å². The van der Waals surface area contributed by atoms with Crippen LogP contribution in [0.15, 0.2) is 42.6 Å². The Morgan fingerprint density at radius 3 is 2.72 bits per heavy atom. The van der Waals surface area contributed by atoms with Gasteiger partial charge in [0.15, 0.2) is 0 Å². The second-order valence-electron chi connectivity index (χ2n) is 5.83. The lowest BCUT2D eigenvalue weighted by Crippen LogP contribution is -2.35. The average molecular weight is 341 g/mol. The van der Waals surface area contributed by atoms with Crippen molar-refractivity contribution < 1.29 is 14.3 Å². The summed E-state index contributed by atoms with van der Waals surface area (Å²) >= 11 is 0. The maximum absolute atomic E-state index is 12.5. The topological polar surface area (TPSA) is 63.7 Å². The minimum atomic E-state index is -0.225. The molecule has 3 rings (SSSR count). The number of aromatic nitrogens is 1. The van der Waals surface area contributed by atoms with Gasteiger partial charge in [-0.2, -0.15) is 0 Å². The molecule has 1 aliphatic rings. The molecule has 1 aromatic heterocycles. The van der Waals surface area contributed by atoms with E-state index in [-0.39, 0.29) is 5.91 Å². The molecule has 1 N–H and O–H groups in total. The van der Waals surface area contributed by atoms with Gasteiger partial charge in [-0.05, 0) is 36.8 Å². The van der Waals surface area contributed by atoms with E-state index < -0.39 is 0 Å². The molecule has 2 heterocycles. The minimum Gasteiger partial charge on any atom is -0.477 e. The van der Waals surface area contributed by atoms with Gasteiger partial charge in [0.2, 0.25) is 5.88 Å². The number of morpholine rings is 1. The lowest BCUT2D eigenvalue weighted by molar-refractivity contribution is 0.0342. The number of benzene rings is 1. The van der Waals surface area contributed by atoms with E-state index in [1.54, 1.807) is 18.3 Å². The van der Waals surface area contributed by atoms with Gasteiger partial charge in [-0.15, -0.1) is 0 Å². The Bertz CT molecular complexity index is 697. The number of ether oxygens (including phenoxy) is 2. The molecule has 0 saturated carbocycles. The van der Waals surface area contributed by atoms with Crippen LogP contribution in [0.3, 0.4) is 0 Å². The van der Waals surface area contributed by atoms with Crippen LogP contribution >= 0.6 is 0 Å². The highest BCUT2D eigenvalue weighted by Crippen LogP contribution is 2.18. The summed E-state index contributed by atoms with van der Waals surface area (Å²) in [5.41, 5.74) is 2.40. The van der Waals surface area contributed by atoms with Crippen molar-refractivity contribution in [2.24, 2.45) is 0 Å². The van der Waals surface area contributed by atoms with Gasteiger partial charge in [0.25, 0.3) is 5.91 Å². The molecule has 6 heteroatoms. The van der Waals surface area contributed by atoms with E-state index in [0.717, 1.165) is 38.5 Å². The molecule has 0 atom stereocenters. The molecule has 2 aromatic rings. The van der Waals surface area contributed by atoms with Gasteiger partial charge >= 0.3 is 0 Å². The quantitative estimate of drug-likeness (QED) is 0.875. The van der Waals surface area contributed by atoms with Gasteiger partial charge in [-0.3, -0.25) is 9.69 Å². The number of hydrogen-bond acceptors (Lipinski definition) is 5. The number of nitrogens with one attached hydrogen (secondary N) is 1. The minimum absolute atomic E-state index is 0.225. The smallest absolute Gasteiger partial charge is 0.261 e. The van der Waals surface area contributed by atoms with Gasteiger partial charge in [0.05, 0.1) is 19.8 Å². The molecule has 1 aromatic carbocycles. The molecule has 1 fully saturated rings. The Balaban J connectivity index is 1.62. The Morgan fingerprint density at radius 2 is 2.00 bits per heavy atom. The predicted octanol–water partition coefficient (Wildman–Crippen LogP) is 2.56. The van der Waals surface area contributed by atoms with E-state index in [2.05, 4.69) is 15.2 Å². The predicted molar refractivity (Wildman–Crippen MR) is 95.9 cm³/mol. The third kappa shape index (κ3) is 4.78. The summed E-state index contributed by atoms with van der Waals surface area (Å²) in [4.78, 5) is 18.9. The average Bonchev–Trinajstić information content (AvgIpc) is 2.65. The van der Waals surface area contributed by atoms with Crippen LogP contribution in [0, 0.1) is 0 Å². The van der Waals surface area contributed by atoms with Gasteiger partial charge in [-0.25, -0.2) is 4.98 Å². The number of rotatable bonds is 6. The van der Waals surface area contributed by atoms with Crippen LogP contribution in [0.1, 0.15) is 22.8 Å². The molecule has 1 amide bonds. The molecule has 0 unspecified atom stereocenters. The van der Waals surface area contributed by atoms with Crippen LogP contribution in [0.2, 0.25) is 0 Å². The molecule has 1 saturated heterocycles. The number of anilines is 1. The lowest BCUT2D eigenvalue weighted by Gasteiger charge is -2.26. The zero-order valence-electron chi connectivity index (χ0n) is 14.4. The largest absolute Gasteiger partial charge is 0.477 e. The fourth-order valence-corrected chi connectivity index (χ4v) is 2.72. The molecular formula is C19H23N3O3. The SMILES string of the molecule is CCOc1ncccc1C(=O)Nc1ccc(CN2CCOCC2)cc1. The highest BCUT2D eigenvalue weighted by atomic mass is 16.5. The number of nitrogens with zero attached hydrogens (tertiary/aromatic N) is 2. The van der Waals surface area contributed by atoms with E-state index in [9.17, 15) is 4.79 Å². The molecule has 0 aliphatic carbocycles. The third-order valence-corrected chi connectivity index (χ3v) is 4.02. The number of carbonyl (C=O) groups is 1. The fraction of sp³-hybridized carbons (Fsp3) is 0.368. The van der Waals surface area contributed by atoms with Gasteiger partial charge < -0.3 is 14.8 Å². The summed E-state index contributed by atoms with van der Waals surface area (Å²) in [6.07, 6.45) is 1.61. The maximum atomic E-state index is 12.5. The number of amides is 1. The Hall–Kier alpha value is -2.44. The molecular weight excluding hydrogens is 318 g/mol. The molecule has 0 spiro atoms. The Kier molecular flexibility index (Phi) is 5.98. The monoisotopic (exact) mass is 341 g/mol. The number of hydrogen-bond donors (Lipinski definition) is 1. The van der Waals surface area contributed by atoms with Crippen molar-refractivity contribution in [3.8, 4) is 5.88 Å². The fourth-order valence-electron chi connectivity index (χ4n) is 2.72. The zero-order chi connectivity index (χ0) is 17.5.